The first kappa shape index (κ1) is 21.0. The van der Waals surface area contributed by atoms with Crippen LogP contribution in [-0.2, 0) is 14.0 Å². The van der Waals surface area contributed by atoms with Gasteiger partial charge in [0, 0.05) is 0 Å². The number of hydrogen-bond donors (Lipinski definition) is 2. The summed E-state index contributed by atoms with van der Waals surface area (Å²) in [5, 5.41) is 0. The minimum atomic E-state index is -0.693. The van der Waals surface area contributed by atoms with Gasteiger partial charge in [0.2, 0.25) is 0 Å². The Labute approximate surface area is 140 Å². The molecule has 0 N–H and O–H groups in total. The second-order valence-electron chi connectivity index (χ2n) is 4.64. The van der Waals surface area contributed by atoms with Crippen molar-refractivity contribution in [3.8, 4) is 0 Å². The van der Waals surface area contributed by atoms with E-state index in [9.17, 15) is 0 Å². The fourth-order valence-corrected chi connectivity index (χ4v) is 2.97. The van der Waals surface area contributed by atoms with Crippen molar-refractivity contribution in [3.05, 3.63) is 0 Å². The van der Waals surface area contributed by atoms with E-state index >= 15 is 0 Å². The van der Waals surface area contributed by atoms with Crippen molar-refractivity contribution in [2.75, 3.05) is 6.26 Å². The lowest BCUT2D eigenvalue weighted by Crippen LogP contribution is -2.35. The zero-order valence-electron chi connectivity index (χ0n) is 13.1. The second-order valence-corrected chi connectivity index (χ2v) is 6.79. The highest BCUT2D eigenvalue weighted by Gasteiger charge is 2.30. The van der Waals surface area contributed by atoms with Crippen molar-refractivity contribution in [2.24, 2.45) is 0 Å². The van der Waals surface area contributed by atoms with Gasteiger partial charge in [-0.15, -0.1) is 37.0 Å². The number of thiol groups is 2. The van der Waals surface area contributed by atoms with E-state index in [4.69, 9.17) is 14.0 Å². The normalized spacial score (nSPS) is 15.9. The van der Waals surface area contributed by atoms with Gasteiger partial charge in [0.15, 0.2) is 0 Å². The maximum atomic E-state index is 5.89. The van der Waals surface area contributed by atoms with Gasteiger partial charge in [0.05, 0.1) is 16.3 Å². The molecule has 0 saturated heterocycles. The number of hydrogen-bond acceptors (Lipinski definition) is 6. The van der Waals surface area contributed by atoms with Crippen LogP contribution in [0.3, 0.4) is 0 Å². The Balaban J connectivity index is 4.42. The fourth-order valence-electron chi connectivity index (χ4n) is 1.58. The summed E-state index contributed by atoms with van der Waals surface area (Å²) >= 11 is 10.5. The van der Waals surface area contributed by atoms with E-state index in [0.29, 0.717) is 0 Å². The Morgan fingerprint density at radius 2 is 1.30 bits per heavy atom. The third kappa shape index (κ3) is 10.7. The summed E-state index contributed by atoms with van der Waals surface area (Å²) in [5.74, 6) is 0. The summed E-state index contributed by atoms with van der Waals surface area (Å²) in [6, 6.07) is 0. The van der Waals surface area contributed by atoms with Crippen LogP contribution in [0, 0.1) is 0 Å². The average molecular weight is 340 g/mol. The lowest BCUT2D eigenvalue weighted by atomic mass is 10.2. The monoisotopic (exact) mass is 340 g/mol. The quantitative estimate of drug-likeness (QED) is 0.291. The minimum Gasteiger partial charge on any atom is -0.374 e. The highest BCUT2D eigenvalue weighted by atomic mass is 32.2. The van der Waals surface area contributed by atoms with E-state index in [1.165, 1.54) is 0 Å². The van der Waals surface area contributed by atoms with E-state index < -0.39 is 7.32 Å². The summed E-state index contributed by atoms with van der Waals surface area (Å²) in [4.78, 5) is 0. The fraction of sp³-hybridized carbons (Fsp3) is 1.00. The standard InChI is InChI=1S/C13H29BO3S3/c1-5-8-11(18)15-14(16-12(19)9-6-2)17-13(20-4)10-7-3/h11-13,18-19H,5-10H2,1-4H3. The van der Waals surface area contributed by atoms with Crippen LogP contribution in [0.4, 0.5) is 0 Å². The van der Waals surface area contributed by atoms with E-state index in [-0.39, 0.29) is 16.3 Å². The molecule has 0 aromatic rings. The Morgan fingerprint density at radius 3 is 1.65 bits per heavy atom. The molecule has 7 heteroatoms. The Hall–Kier alpha value is 0.995. The van der Waals surface area contributed by atoms with Gasteiger partial charge in [0.1, 0.15) is 0 Å². The summed E-state index contributed by atoms with van der Waals surface area (Å²) in [6.45, 7) is 6.34. The molecule has 0 spiro atoms. The van der Waals surface area contributed by atoms with E-state index in [1.54, 1.807) is 11.8 Å². The molecule has 0 heterocycles. The van der Waals surface area contributed by atoms with Gasteiger partial charge in [-0.25, -0.2) is 0 Å². The molecule has 3 nitrogen and oxygen atoms in total. The SMILES string of the molecule is CCCC(S)OB(OC(S)CCC)OC(CCC)SC. The Bertz CT molecular complexity index is 211. The molecule has 0 fully saturated rings. The van der Waals surface area contributed by atoms with Gasteiger partial charge in [-0.1, -0.05) is 40.0 Å². The third-order valence-corrected chi connectivity index (χ3v) is 4.29. The molecule has 0 amide bonds. The lowest BCUT2D eigenvalue weighted by Gasteiger charge is -2.24. The number of rotatable bonds is 13. The summed E-state index contributed by atoms with van der Waals surface area (Å²) in [7, 11) is -0.693. The van der Waals surface area contributed by atoms with Crippen LogP contribution >= 0.6 is 37.0 Å². The predicted octanol–water partition coefficient (Wildman–Crippen LogP) is 4.62. The average Bonchev–Trinajstić information content (AvgIpc) is 2.38. The molecule has 0 aromatic heterocycles. The molecule has 20 heavy (non-hydrogen) atoms. The van der Waals surface area contributed by atoms with Crippen molar-refractivity contribution in [2.45, 2.75) is 75.6 Å². The van der Waals surface area contributed by atoms with Gasteiger partial charge < -0.3 is 14.0 Å². The third-order valence-electron chi connectivity index (χ3n) is 2.66. The first-order chi connectivity index (χ1) is 9.57. The van der Waals surface area contributed by atoms with Crippen molar-refractivity contribution in [1.29, 1.82) is 0 Å². The first-order valence-corrected chi connectivity index (χ1v) is 9.74. The van der Waals surface area contributed by atoms with Crippen LogP contribution in [0.2, 0.25) is 0 Å². The van der Waals surface area contributed by atoms with E-state index in [0.717, 1.165) is 38.5 Å². The summed E-state index contributed by atoms with van der Waals surface area (Å²) in [6.07, 6.45) is 7.84. The van der Waals surface area contributed by atoms with Crippen LogP contribution in [-0.4, -0.2) is 29.9 Å². The Morgan fingerprint density at radius 1 is 0.850 bits per heavy atom. The molecular weight excluding hydrogens is 311 g/mol. The van der Waals surface area contributed by atoms with Gasteiger partial charge in [-0.2, -0.15) is 0 Å². The maximum absolute atomic E-state index is 5.89. The highest BCUT2D eigenvalue weighted by Crippen LogP contribution is 2.20. The van der Waals surface area contributed by atoms with Crippen molar-refractivity contribution < 1.29 is 14.0 Å². The van der Waals surface area contributed by atoms with Crippen LogP contribution in [0.5, 0.6) is 0 Å². The second kappa shape index (κ2) is 13.6. The van der Waals surface area contributed by atoms with E-state index in [1.807, 2.05) is 6.26 Å². The highest BCUT2D eigenvalue weighted by molar-refractivity contribution is 7.99. The molecule has 0 saturated carbocycles. The van der Waals surface area contributed by atoms with Gasteiger partial charge in [0.25, 0.3) is 0 Å². The zero-order valence-corrected chi connectivity index (χ0v) is 15.7. The van der Waals surface area contributed by atoms with Gasteiger partial charge in [-0.3, -0.25) is 0 Å². The minimum absolute atomic E-state index is 0.0781. The Kier molecular flexibility index (Phi) is 14.3. The summed E-state index contributed by atoms with van der Waals surface area (Å²) in [5.41, 5.74) is -0.262. The predicted molar refractivity (Wildman–Crippen MR) is 96.6 cm³/mol. The van der Waals surface area contributed by atoms with Crippen LogP contribution in [0.1, 0.15) is 59.3 Å². The lowest BCUT2D eigenvalue weighted by molar-refractivity contribution is 0.0641. The van der Waals surface area contributed by atoms with E-state index in [2.05, 4.69) is 46.0 Å². The molecular formula is C13H29BO3S3. The molecule has 0 aliphatic carbocycles. The summed E-state index contributed by atoms with van der Waals surface area (Å²) < 4.78 is 17.4. The zero-order chi connectivity index (χ0) is 15.4. The first-order valence-electron chi connectivity index (χ1n) is 7.42. The molecule has 120 valence electrons. The molecule has 3 unspecified atom stereocenters. The molecule has 0 rings (SSSR count). The molecule has 0 aromatic carbocycles. The largest absolute Gasteiger partial charge is 0.641 e. The van der Waals surface area contributed by atoms with Crippen LogP contribution in [0.15, 0.2) is 0 Å². The topological polar surface area (TPSA) is 27.7 Å². The van der Waals surface area contributed by atoms with Crippen molar-refractivity contribution in [1.82, 2.24) is 0 Å². The number of thioether (sulfide) groups is 1. The van der Waals surface area contributed by atoms with Crippen molar-refractivity contribution >= 4 is 44.3 Å². The molecule has 0 bridgehead atoms. The van der Waals surface area contributed by atoms with Crippen LogP contribution < -0.4 is 0 Å². The molecule has 0 radical (unpaired) electrons. The van der Waals surface area contributed by atoms with Crippen molar-refractivity contribution in [3.63, 3.8) is 0 Å². The molecule has 0 aliphatic rings. The maximum Gasteiger partial charge on any atom is 0.641 e. The van der Waals surface area contributed by atoms with Crippen LogP contribution in [0.25, 0.3) is 0 Å². The smallest absolute Gasteiger partial charge is 0.374 e. The molecule has 0 aliphatic heterocycles. The molecule has 3 atom stereocenters. The van der Waals surface area contributed by atoms with Gasteiger partial charge in [-0.05, 0) is 25.5 Å². The van der Waals surface area contributed by atoms with Gasteiger partial charge >= 0.3 is 7.32 Å².